The molecule has 0 spiro atoms. The summed E-state index contributed by atoms with van der Waals surface area (Å²) in [6.45, 7) is 5.00. The van der Waals surface area contributed by atoms with Crippen molar-refractivity contribution < 1.29 is 23.4 Å². The molecule has 1 fully saturated rings. The zero-order valence-electron chi connectivity index (χ0n) is 21.3. The van der Waals surface area contributed by atoms with Crippen molar-refractivity contribution in [2.45, 2.75) is 13.5 Å². The van der Waals surface area contributed by atoms with Crippen LogP contribution in [-0.4, -0.2) is 53.8 Å². The molecule has 1 aliphatic heterocycles. The average molecular weight is 530 g/mol. The van der Waals surface area contributed by atoms with E-state index in [9.17, 15) is 4.79 Å². The molecule has 0 aliphatic carbocycles. The third-order valence-electron chi connectivity index (χ3n) is 5.58. The molecule has 1 N–H and O–H groups in total. The largest absolute Gasteiger partial charge is 0.490 e. The predicted octanol–water partition coefficient (Wildman–Crippen LogP) is 4.95. The van der Waals surface area contributed by atoms with Crippen LogP contribution in [0.15, 0.2) is 81.6 Å². The number of hydrogen-bond donors (Lipinski definition) is 1. The molecule has 12 heteroatoms. The fourth-order valence-electron chi connectivity index (χ4n) is 3.74. The number of carbonyl (C=O) groups is 1. The number of hydrogen-bond acceptors (Lipinski definition) is 12. The first-order valence-corrected chi connectivity index (χ1v) is 12.5. The van der Waals surface area contributed by atoms with Gasteiger partial charge in [-0.05, 0) is 48.9 Å². The highest BCUT2D eigenvalue weighted by molar-refractivity contribution is 5.88. The van der Waals surface area contributed by atoms with Crippen molar-refractivity contribution in [3.05, 3.63) is 78.3 Å². The lowest BCUT2D eigenvalue weighted by Gasteiger charge is -2.26. The van der Waals surface area contributed by atoms with Crippen LogP contribution in [0, 0.1) is 0 Å². The summed E-state index contributed by atoms with van der Waals surface area (Å²) >= 11 is 0. The Labute approximate surface area is 224 Å². The lowest BCUT2D eigenvalue weighted by molar-refractivity contribution is 0.0695. The Balaban J connectivity index is 1.33. The number of azo groups is 1. The summed E-state index contributed by atoms with van der Waals surface area (Å²) in [4.78, 5) is 27.8. The molecule has 2 aromatic heterocycles. The number of morpholine rings is 1. The topological polar surface area (TPSA) is 137 Å². The second-order valence-corrected chi connectivity index (χ2v) is 8.33. The van der Waals surface area contributed by atoms with Crippen molar-refractivity contribution in [1.29, 1.82) is 0 Å². The minimum Gasteiger partial charge on any atom is -0.490 e. The molecule has 0 unspecified atom stereocenters. The number of esters is 1. The Kier molecular flexibility index (Phi) is 8.34. The summed E-state index contributed by atoms with van der Waals surface area (Å²) in [6.07, 6.45) is 1.41. The molecule has 1 saturated heterocycles. The highest BCUT2D eigenvalue weighted by Gasteiger charge is 2.18. The summed E-state index contributed by atoms with van der Waals surface area (Å²) < 4.78 is 21.7. The van der Waals surface area contributed by atoms with Gasteiger partial charge in [0.05, 0.1) is 32.6 Å². The van der Waals surface area contributed by atoms with Crippen LogP contribution >= 0.6 is 0 Å². The molecule has 1 aliphatic rings. The van der Waals surface area contributed by atoms with Crippen LogP contribution in [0.5, 0.6) is 11.5 Å². The number of nitrogens with zero attached hydrogens (tertiary/aromatic N) is 6. The number of para-hydroxylation sites is 1. The number of carbonyl (C=O) groups excluding carboxylic acids is 1. The number of ether oxygens (including phenoxy) is 3. The number of aromatic nitrogens is 3. The maximum Gasteiger partial charge on any atom is 0.379 e. The summed E-state index contributed by atoms with van der Waals surface area (Å²) in [5, 5.41) is 11.8. The molecule has 3 heterocycles. The molecule has 5 rings (SSSR count). The van der Waals surface area contributed by atoms with Crippen LogP contribution in [0.2, 0.25) is 0 Å². The van der Waals surface area contributed by atoms with Crippen molar-refractivity contribution in [1.82, 2.24) is 15.0 Å². The van der Waals surface area contributed by atoms with Crippen LogP contribution in [0.25, 0.3) is 0 Å². The van der Waals surface area contributed by atoms with Crippen LogP contribution in [0.1, 0.15) is 23.0 Å². The fourth-order valence-corrected chi connectivity index (χ4v) is 3.74. The molecule has 200 valence electrons. The van der Waals surface area contributed by atoms with Crippen molar-refractivity contribution >= 4 is 29.5 Å². The van der Waals surface area contributed by atoms with E-state index in [2.05, 4.69) is 30.5 Å². The molecule has 12 nitrogen and oxygen atoms in total. The maximum atomic E-state index is 12.3. The summed E-state index contributed by atoms with van der Waals surface area (Å²) in [7, 11) is 0. The predicted molar refractivity (Wildman–Crippen MR) is 142 cm³/mol. The lowest BCUT2D eigenvalue weighted by Crippen LogP contribution is -2.37. The Morgan fingerprint density at radius 2 is 1.87 bits per heavy atom. The van der Waals surface area contributed by atoms with Crippen molar-refractivity contribution in [2.24, 2.45) is 10.2 Å². The highest BCUT2D eigenvalue weighted by atomic mass is 16.6. The molecule has 2 aromatic carbocycles. The maximum absolute atomic E-state index is 12.3. The molecule has 0 radical (unpaired) electrons. The first-order valence-electron chi connectivity index (χ1n) is 12.5. The minimum atomic E-state index is -0.612. The van der Waals surface area contributed by atoms with E-state index in [1.54, 1.807) is 24.3 Å². The number of anilines is 3. The van der Waals surface area contributed by atoms with Gasteiger partial charge in [0.2, 0.25) is 17.7 Å². The summed E-state index contributed by atoms with van der Waals surface area (Å²) in [6, 6.07) is 18.0. The van der Waals surface area contributed by atoms with Gasteiger partial charge in [0.15, 0.2) is 11.5 Å². The van der Waals surface area contributed by atoms with Crippen molar-refractivity contribution in [3.8, 4) is 11.5 Å². The third-order valence-corrected chi connectivity index (χ3v) is 5.58. The second-order valence-electron chi connectivity index (χ2n) is 8.33. The molecule has 0 atom stereocenters. The third kappa shape index (κ3) is 6.93. The number of nitrogens with one attached hydrogen (secondary N) is 1. The van der Waals surface area contributed by atoms with E-state index < -0.39 is 5.97 Å². The van der Waals surface area contributed by atoms with Gasteiger partial charge < -0.3 is 28.8 Å². The lowest BCUT2D eigenvalue weighted by atomic mass is 10.2. The van der Waals surface area contributed by atoms with Crippen LogP contribution < -0.4 is 19.7 Å². The van der Waals surface area contributed by atoms with Crippen LogP contribution in [0.3, 0.4) is 0 Å². The van der Waals surface area contributed by atoms with Gasteiger partial charge in [-0.15, -0.1) is 5.11 Å². The minimum absolute atomic E-state index is 0.102. The van der Waals surface area contributed by atoms with Gasteiger partial charge >= 0.3 is 5.97 Å². The Bertz CT molecular complexity index is 1410. The van der Waals surface area contributed by atoms with Crippen molar-refractivity contribution in [2.75, 3.05) is 43.1 Å². The van der Waals surface area contributed by atoms with E-state index >= 15 is 0 Å². The van der Waals surface area contributed by atoms with E-state index in [0.29, 0.717) is 50.6 Å². The van der Waals surface area contributed by atoms with E-state index in [0.717, 1.165) is 11.3 Å². The van der Waals surface area contributed by atoms with Gasteiger partial charge in [0.1, 0.15) is 0 Å². The summed E-state index contributed by atoms with van der Waals surface area (Å²) in [5.74, 6) is 1.23. The Hall–Kier alpha value is -4.84. The number of furan rings is 1. The van der Waals surface area contributed by atoms with Crippen LogP contribution in [-0.2, 0) is 11.3 Å². The average Bonchev–Trinajstić information content (AvgIpc) is 3.51. The Morgan fingerprint density at radius 3 is 2.64 bits per heavy atom. The zero-order valence-corrected chi connectivity index (χ0v) is 21.3. The Morgan fingerprint density at radius 1 is 1.03 bits per heavy atom. The molecular formula is C27H27N7O5. The van der Waals surface area contributed by atoms with Crippen LogP contribution in [0.4, 0.5) is 23.5 Å². The van der Waals surface area contributed by atoms with Crippen molar-refractivity contribution in [3.63, 3.8) is 0 Å². The molecule has 0 amide bonds. The first-order chi connectivity index (χ1) is 19.2. The molecule has 4 aromatic rings. The van der Waals surface area contributed by atoms with E-state index in [4.69, 9.17) is 18.6 Å². The van der Waals surface area contributed by atoms with Gasteiger partial charge in [-0.25, -0.2) is 4.79 Å². The summed E-state index contributed by atoms with van der Waals surface area (Å²) in [5.41, 5.74) is 1.64. The number of rotatable bonds is 10. The van der Waals surface area contributed by atoms with E-state index in [1.165, 1.54) is 12.3 Å². The smallest absolute Gasteiger partial charge is 0.379 e. The SMILES string of the molecule is CCOc1cc(CN=Nc2nc(Nc3ccccc3)nc(N3CCOCC3)n2)ccc1OC(=O)c1ccco1. The van der Waals surface area contributed by atoms with E-state index in [-0.39, 0.29) is 24.0 Å². The monoisotopic (exact) mass is 529 g/mol. The molecule has 39 heavy (non-hydrogen) atoms. The van der Waals surface area contributed by atoms with Gasteiger partial charge in [0, 0.05) is 18.8 Å². The van der Waals surface area contributed by atoms with Gasteiger partial charge in [-0.3, -0.25) is 0 Å². The van der Waals surface area contributed by atoms with Gasteiger partial charge in [-0.1, -0.05) is 24.3 Å². The quantitative estimate of drug-likeness (QED) is 0.171. The number of benzene rings is 2. The second kappa shape index (κ2) is 12.6. The normalized spacial score (nSPS) is 13.4. The molecule has 0 bridgehead atoms. The first kappa shape index (κ1) is 25.8. The molecule has 0 saturated carbocycles. The standard InChI is InChI=1S/C27H27N7O5/c1-2-37-23-17-19(10-11-21(23)39-24(35)22-9-6-14-38-22)18-28-33-26-30-25(29-20-7-4-3-5-8-20)31-27(32-26)34-12-15-36-16-13-34/h3-11,14,17H,2,12-13,15-16,18H2,1H3,(H,29,30,31,32). The fraction of sp³-hybridized carbons (Fsp3) is 0.259. The van der Waals surface area contributed by atoms with E-state index in [1.807, 2.05) is 42.2 Å². The van der Waals surface area contributed by atoms with Gasteiger partial charge in [-0.2, -0.15) is 20.1 Å². The molecular weight excluding hydrogens is 502 g/mol. The van der Waals surface area contributed by atoms with Gasteiger partial charge in [0.25, 0.3) is 5.95 Å². The zero-order chi connectivity index (χ0) is 26.9. The highest BCUT2D eigenvalue weighted by Crippen LogP contribution is 2.30.